The zero-order valence-electron chi connectivity index (χ0n) is 35.8. The highest BCUT2D eigenvalue weighted by Gasteiger charge is 2.49. The Morgan fingerprint density at radius 1 is 0.603 bits per heavy atom. The normalized spacial score (nSPS) is 19.6. The van der Waals surface area contributed by atoms with Gasteiger partial charge in [-0.3, -0.25) is 0 Å². The Labute approximate surface area is 371 Å². The minimum Gasteiger partial charge on any atom is -0.494 e. The van der Waals surface area contributed by atoms with Gasteiger partial charge in [0.2, 0.25) is 0 Å². The third kappa shape index (κ3) is 12.7. The van der Waals surface area contributed by atoms with Gasteiger partial charge in [-0.05, 0) is 75.2 Å². The number of sulfone groups is 1. The Morgan fingerprint density at radius 2 is 1.14 bits per heavy atom. The average molecular weight is 869 g/mol. The summed E-state index contributed by atoms with van der Waals surface area (Å²) in [5.41, 5.74) is 8.43. The zero-order chi connectivity index (χ0) is 43.3. The molecule has 0 amide bonds. The van der Waals surface area contributed by atoms with Crippen LogP contribution in [0.5, 0.6) is 11.5 Å². The van der Waals surface area contributed by atoms with Gasteiger partial charge in [0.1, 0.15) is 51.9 Å². The number of fused-ring (bicyclic) bond motifs is 1. The lowest BCUT2D eigenvalue weighted by molar-refractivity contribution is -0.275. The standard InChI is InChI=1S/C53H56O9S/c1-63(54,55)30-14-28-57-47-25-23-39(24-26-47)31-45-33-46(32-44-27-29-58-49(44)45)50-52(60-36-42-19-10-4-11-20-42)53(61-37-43-21-12-5-13-22-43)51(59-35-41-17-8-3-9-18-41)48(62-50)38-56-34-40-15-6-2-7-16-40/h2-13,15-26,32-33,48,50-53H,14,27-31,34-38H2,1H3/t48-,50?,51?,52?,53?/m1/s1. The summed E-state index contributed by atoms with van der Waals surface area (Å²) in [7, 11) is -3.04. The van der Waals surface area contributed by atoms with E-state index in [2.05, 4.69) is 60.7 Å². The second-order valence-corrected chi connectivity index (χ2v) is 18.6. The van der Waals surface area contributed by atoms with E-state index in [0.29, 0.717) is 58.2 Å². The van der Waals surface area contributed by atoms with Crippen molar-refractivity contribution in [2.75, 3.05) is 31.8 Å². The molecule has 5 atom stereocenters. The lowest BCUT2D eigenvalue weighted by atomic mass is 9.88. The Morgan fingerprint density at radius 3 is 1.71 bits per heavy atom. The number of ether oxygens (including phenoxy) is 7. The van der Waals surface area contributed by atoms with E-state index in [4.69, 9.17) is 33.2 Å². The van der Waals surface area contributed by atoms with Crippen LogP contribution in [0.2, 0.25) is 0 Å². The van der Waals surface area contributed by atoms with Crippen LogP contribution in [-0.4, -0.2) is 64.7 Å². The zero-order valence-corrected chi connectivity index (χ0v) is 36.6. The fourth-order valence-electron chi connectivity index (χ4n) is 8.20. The molecular weight excluding hydrogens is 813 g/mol. The number of rotatable bonds is 21. The van der Waals surface area contributed by atoms with Crippen molar-refractivity contribution in [1.29, 1.82) is 0 Å². The molecule has 0 bridgehead atoms. The van der Waals surface area contributed by atoms with Gasteiger partial charge < -0.3 is 33.2 Å². The monoisotopic (exact) mass is 868 g/mol. The first-order valence-electron chi connectivity index (χ1n) is 21.8. The molecule has 2 heterocycles. The maximum absolute atomic E-state index is 11.6. The SMILES string of the molecule is CS(=O)(=O)CCCOc1ccc(Cc2cc(C3O[C@H](COCc4ccccc4)C(OCc4ccccc4)C(OCc4ccccc4)C3OCc3ccccc3)cc3c2OCC3)cc1. The third-order valence-electron chi connectivity index (χ3n) is 11.3. The fourth-order valence-corrected chi connectivity index (χ4v) is 8.85. The summed E-state index contributed by atoms with van der Waals surface area (Å²) in [6.45, 7) is 2.68. The first-order valence-corrected chi connectivity index (χ1v) is 23.8. The molecule has 10 heteroatoms. The largest absolute Gasteiger partial charge is 0.494 e. The molecule has 63 heavy (non-hydrogen) atoms. The van der Waals surface area contributed by atoms with Gasteiger partial charge in [-0.2, -0.15) is 0 Å². The lowest BCUT2D eigenvalue weighted by Crippen LogP contribution is -2.58. The van der Waals surface area contributed by atoms with Crippen molar-refractivity contribution in [2.24, 2.45) is 0 Å². The molecule has 2 aliphatic heterocycles. The quantitative estimate of drug-likeness (QED) is 0.0656. The molecule has 0 N–H and O–H groups in total. The van der Waals surface area contributed by atoms with Gasteiger partial charge in [0.15, 0.2) is 0 Å². The molecular formula is C53H56O9S. The summed E-state index contributed by atoms with van der Waals surface area (Å²) in [5, 5.41) is 0. The van der Waals surface area contributed by atoms with E-state index in [1.807, 2.05) is 97.1 Å². The van der Waals surface area contributed by atoms with E-state index < -0.39 is 40.4 Å². The maximum atomic E-state index is 11.6. The highest BCUT2D eigenvalue weighted by atomic mass is 32.2. The molecule has 6 aromatic rings. The van der Waals surface area contributed by atoms with Crippen LogP contribution >= 0.6 is 0 Å². The van der Waals surface area contributed by atoms with Gasteiger partial charge in [0.05, 0.1) is 52.0 Å². The predicted octanol–water partition coefficient (Wildman–Crippen LogP) is 9.44. The second-order valence-electron chi connectivity index (χ2n) is 16.3. The molecule has 2 aliphatic rings. The number of hydrogen-bond acceptors (Lipinski definition) is 9. The molecule has 0 spiro atoms. The summed E-state index contributed by atoms with van der Waals surface area (Å²) < 4.78 is 70.1. The third-order valence-corrected chi connectivity index (χ3v) is 12.4. The van der Waals surface area contributed by atoms with Crippen molar-refractivity contribution in [3.05, 3.63) is 202 Å². The lowest BCUT2D eigenvalue weighted by Gasteiger charge is -2.46. The summed E-state index contributed by atoms with van der Waals surface area (Å²) in [4.78, 5) is 0. The highest BCUT2D eigenvalue weighted by molar-refractivity contribution is 7.90. The average Bonchev–Trinajstić information content (AvgIpc) is 3.80. The number of hydrogen-bond donors (Lipinski definition) is 0. The van der Waals surface area contributed by atoms with E-state index in [0.717, 1.165) is 56.7 Å². The molecule has 0 aromatic heterocycles. The highest BCUT2D eigenvalue weighted by Crippen LogP contribution is 2.42. The summed E-state index contributed by atoms with van der Waals surface area (Å²) >= 11 is 0. The van der Waals surface area contributed by atoms with Crippen LogP contribution in [0.25, 0.3) is 0 Å². The number of benzene rings is 6. The Hall–Kier alpha value is -5.33. The minimum absolute atomic E-state index is 0.0954. The van der Waals surface area contributed by atoms with Crippen molar-refractivity contribution < 1.29 is 41.6 Å². The first-order chi connectivity index (χ1) is 30.8. The van der Waals surface area contributed by atoms with Gasteiger partial charge in [0, 0.05) is 19.1 Å². The summed E-state index contributed by atoms with van der Waals surface area (Å²) in [6.07, 6.45) is 0.325. The van der Waals surface area contributed by atoms with Crippen LogP contribution in [0, 0.1) is 0 Å². The van der Waals surface area contributed by atoms with Crippen molar-refractivity contribution in [1.82, 2.24) is 0 Å². The first kappa shape index (κ1) is 44.3. The van der Waals surface area contributed by atoms with Crippen molar-refractivity contribution in [3.8, 4) is 11.5 Å². The van der Waals surface area contributed by atoms with Crippen molar-refractivity contribution >= 4 is 9.84 Å². The summed E-state index contributed by atoms with van der Waals surface area (Å²) in [5.74, 6) is 1.70. The smallest absolute Gasteiger partial charge is 0.147 e. The predicted molar refractivity (Wildman–Crippen MR) is 243 cm³/mol. The van der Waals surface area contributed by atoms with E-state index >= 15 is 0 Å². The van der Waals surface area contributed by atoms with Gasteiger partial charge >= 0.3 is 0 Å². The van der Waals surface area contributed by atoms with E-state index in [-0.39, 0.29) is 12.4 Å². The minimum atomic E-state index is -3.04. The van der Waals surface area contributed by atoms with Gasteiger partial charge in [-0.15, -0.1) is 0 Å². The van der Waals surface area contributed by atoms with Crippen LogP contribution in [0.15, 0.2) is 158 Å². The molecule has 1 saturated heterocycles. The van der Waals surface area contributed by atoms with Crippen molar-refractivity contribution in [3.63, 3.8) is 0 Å². The molecule has 6 aromatic carbocycles. The molecule has 4 unspecified atom stereocenters. The molecule has 328 valence electrons. The topological polar surface area (TPSA) is 98.8 Å². The van der Waals surface area contributed by atoms with E-state index in [1.54, 1.807) is 0 Å². The van der Waals surface area contributed by atoms with E-state index in [1.165, 1.54) is 6.26 Å². The maximum Gasteiger partial charge on any atom is 0.147 e. The molecule has 1 fully saturated rings. The molecule has 0 radical (unpaired) electrons. The van der Waals surface area contributed by atoms with E-state index in [9.17, 15) is 8.42 Å². The van der Waals surface area contributed by atoms with Gasteiger partial charge in [0.25, 0.3) is 0 Å². The fraction of sp³-hybridized carbons (Fsp3) is 0.321. The van der Waals surface area contributed by atoms with Gasteiger partial charge in [-0.25, -0.2) is 8.42 Å². The molecule has 0 aliphatic carbocycles. The van der Waals surface area contributed by atoms with Crippen LogP contribution in [-0.2, 0) is 72.8 Å². The summed E-state index contributed by atoms with van der Waals surface area (Å²) in [6, 6.07) is 53.1. The van der Waals surface area contributed by atoms with Crippen LogP contribution in [0.4, 0.5) is 0 Å². The van der Waals surface area contributed by atoms with Gasteiger partial charge in [-0.1, -0.05) is 133 Å². The Kier molecular flexibility index (Phi) is 15.4. The molecule has 8 rings (SSSR count). The Bertz CT molecular complexity index is 2410. The Balaban J connectivity index is 1.13. The van der Waals surface area contributed by atoms with Crippen LogP contribution in [0.1, 0.15) is 57.0 Å². The molecule has 0 saturated carbocycles. The van der Waals surface area contributed by atoms with Crippen molar-refractivity contribution in [2.45, 2.75) is 76.2 Å². The van der Waals surface area contributed by atoms with Crippen LogP contribution in [0.3, 0.4) is 0 Å². The molecule has 9 nitrogen and oxygen atoms in total. The second kappa shape index (κ2) is 21.8. The van der Waals surface area contributed by atoms with Crippen LogP contribution < -0.4 is 9.47 Å².